The van der Waals surface area contributed by atoms with Crippen molar-refractivity contribution in [2.75, 3.05) is 6.54 Å². The zero-order chi connectivity index (χ0) is 17.5. The molecule has 2 rings (SSSR count). The van der Waals surface area contributed by atoms with Gasteiger partial charge in [-0.2, -0.15) is 4.39 Å². The smallest absolute Gasteiger partial charge is 0.407 e. The summed E-state index contributed by atoms with van der Waals surface area (Å²) in [6.45, 7) is -0.174. The first-order valence-corrected chi connectivity index (χ1v) is 7.47. The minimum Gasteiger partial charge on any atom is -0.445 e. The molecule has 0 spiro atoms. The molecule has 0 saturated carbocycles. The van der Waals surface area contributed by atoms with Gasteiger partial charge in [0.15, 0.2) is 0 Å². The molecule has 2 atom stereocenters. The molecule has 3 N–H and O–H groups in total. The fourth-order valence-electron chi connectivity index (χ4n) is 1.89. The van der Waals surface area contributed by atoms with Crippen molar-refractivity contribution in [3.63, 3.8) is 0 Å². The molecular weight excluding hydrogens is 339 g/mol. The molecular formula is C16H16ClFN2O4. The molecule has 1 aromatic carbocycles. The predicted octanol–water partition coefficient (Wildman–Crippen LogP) is 2.19. The van der Waals surface area contributed by atoms with Gasteiger partial charge in [-0.3, -0.25) is 0 Å². The van der Waals surface area contributed by atoms with Crippen LogP contribution in [0, 0.1) is 5.95 Å². The fourth-order valence-corrected chi connectivity index (χ4v) is 2.07. The van der Waals surface area contributed by atoms with Crippen molar-refractivity contribution in [2.45, 2.75) is 18.8 Å². The number of aliphatic hydroxyl groups is 2. The van der Waals surface area contributed by atoms with Crippen LogP contribution in [0.4, 0.5) is 9.18 Å². The average molecular weight is 355 g/mol. The van der Waals surface area contributed by atoms with E-state index < -0.39 is 24.2 Å². The molecule has 2 aromatic rings. The Labute approximate surface area is 142 Å². The summed E-state index contributed by atoms with van der Waals surface area (Å²) in [5.74, 6) is -0.871. The van der Waals surface area contributed by atoms with Crippen molar-refractivity contribution in [1.82, 2.24) is 10.3 Å². The summed E-state index contributed by atoms with van der Waals surface area (Å²) in [4.78, 5) is 14.9. The molecule has 24 heavy (non-hydrogen) atoms. The first kappa shape index (κ1) is 18.1. The van der Waals surface area contributed by atoms with Gasteiger partial charge in [0.05, 0.1) is 5.02 Å². The van der Waals surface area contributed by atoms with Crippen LogP contribution in [0.25, 0.3) is 0 Å². The molecule has 0 saturated heterocycles. The number of ether oxygens (including phenoxy) is 1. The number of alkyl carbamates (subject to hydrolysis) is 1. The number of rotatable bonds is 6. The average Bonchev–Trinajstić information content (AvgIpc) is 2.60. The second-order valence-corrected chi connectivity index (χ2v) is 5.40. The molecule has 8 heteroatoms. The third-order valence-corrected chi connectivity index (χ3v) is 3.46. The molecule has 1 amide bonds. The quantitative estimate of drug-likeness (QED) is 0.692. The fraction of sp³-hybridized carbons (Fsp3) is 0.250. The number of amides is 1. The minimum atomic E-state index is -1.38. The molecule has 0 aliphatic carbocycles. The Morgan fingerprint density at radius 3 is 2.71 bits per heavy atom. The number of aliphatic hydroxyl groups excluding tert-OH is 2. The van der Waals surface area contributed by atoms with Gasteiger partial charge in [-0.25, -0.2) is 9.78 Å². The Balaban J connectivity index is 1.80. The predicted molar refractivity (Wildman–Crippen MR) is 84.8 cm³/mol. The lowest BCUT2D eigenvalue weighted by molar-refractivity contribution is 0.0181. The van der Waals surface area contributed by atoms with Crippen molar-refractivity contribution in [1.29, 1.82) is 0 Å². The Bertz CT molecular complexity index is 687. The van der Waals surface area contributed by atoms with Crippen LogP contribution < -0.4 is 5.32 Å². The maximum absolute atomic E-state index is 13.0. The van der Waals surface area contributed by atoms with Gasteiger partial charge in [-0.05, 0) is 11.6 Å². The largest absolute Gasteiger partial charge is 0.445 e. The van der Waals surface area contributed by atoms with Gasteiger partial charge in [-0.15, -0.1) is 0 Å². The minimum absolute atomic E-state index is 0.0861. The van der Waals surface area contributed by atoms with Crippen LogP contribution in [0.1, 0.15) is 17.2 Å². The zero-order valence-electron chi connectivity index (χ0n) is 12.5. The van der Waals surface area contributed by atoms with Crippen LogP contribution in [0.15, 0.2) is 42.6 Å². The molecule has 0 radical (unpaired) electrons. The molecule has 1 aromatic heterocycles. The summed E-state index contributed by atoms with van der Waals surface area (Å²) in [5, 5.41) is 21.9. The van der Waals surface area contributed by atoms with Crippen molar-refractivity contribution < 1.29 is 24.1 Å². The summed E-state index contributed by atoms with van der Waals surface area (Å²) in [5.41, 5.74) is 0.952. The normalized spacial score (nSPS) is 13.2. The van der Waals surface area contributed by atoms with Crippen LogP contribution in [-0.2, 0) is 11.3 Å². The second kappa shape index (κ2) is 8.58. The first-order chi connectivity index (χ1) is 11.5. The number of carbonyl (C=O) groups is 1. The van der Waals surface area contributed by atoms with E-state index in [1.54, 1.807) is 12.1 Å². The summed E-state index contributed by atoms with van der Waals surface area (Å²) in [7, 11) is 0. The maximum Gasteiger partial charge on any atom is 0.407 e. The topological polar surface area (TPSA) is 91.7 Å². The Kier molecular flexibility index (Phi) is 6.48. The number of benzene rings is 1. The van der Waals surface area contributed by atoms with E-state index in [2.05, 4.69) is 10.3 Å². The number of hydrogen-bond acceptors (Lipinski definition) is 5. The lowest BCUT2D eigenvalue weighted by atomic mass is 10.1. The van der Waals surface area contributed by atoms with Gasteiger partial charge in [0.1, 0.15) is 18.8 Å². The molecule has 1 heterocycles. The van der Waals surface area contributed by atoms with Gasteiger partial charge in [0.25, 0.3) is 0 Å². The standard InChI is InChI=1S/C16H16ClFN2O4/c17-12-6-11(7-19-15(12)18)14(22)13(21)8-20-16(23)24-9-10-4-2-1-3-5-10/h1-7,13-14,21-22H,8-9H2,(H,20,23). The van der Waals surface area contributed by atoms with Crippen molar-refractivity contribution in [3.8, 4) is 0 Å². The highest BCUT2D eigenvalue weighted by molar-refractivity contribution is 6.30. The monoisotopic (exact) mass is 354 g/mol. The summed E-state index contributed by atoms with van der Waals surface area (Å²) < 4.78 is 18.0. The summed E-state index contributed by atoms with van der Waals surface area (Å²) in [6, 6.07) is 10.2. The van der Waals surface area contributed by atoms with Crippen molar-refractivity contribution in [2.24, 2.45) is 0 Å². The van der Waals surface area contributed by atoms with Crippen molar-refractivity contribution in [3.05, 3.63) is 64.7 Å². The van der Waals surface area contributed by atoms with Gasteiger partial charge >= 0.3 is 6.09 Å². The zero-order valence-corrected chi connectivity index (χ0v) is 13.3. The highest BCUT2D eigenvalue weighted by Gasteiger charge is 2.21. The van der Waals surface area contributed by atoms with E-state index in [4.69, 9.17) is 16.3 Å². The summed E-state index contributed by atoms with van der Waals surface area (Å²) >= 11 is 5.57. The van der Waals surface area contributed by atoms with E-state index in [1.165, 1.54) is 0 Å². The van der Waals surface area contributed by atoms with Crippen LogP contribution >= 0.6 is 11.6 Å². The lowest BCUT2D eigenvalue weighted by Crippen LogP contribution is -2.35. The first-order valence-electron chi connectivity index (χ1n) is 7.09. The Morgan fingerprint density at radius 1 is 1.33 bits per heavy atom. The van der Waals surface area contributed by atoms with Crippen molar-refractivity contribution >= 4 is 17.7 Å². The third-order valence-electron chi connectivity index (χ3n) is 3.19. The van der Waals surface area contributed by atoms with E-state index in [9.17, 15) is 19.4 Å². The molecule has 2 unspecified atom stereocenters. The third kappa shape index (κ3) is 5.16. The summed E-state index contributed by atoms with van der Waals surface area (Å²) in [6.07, 6.45) is -2.40. The van der Waals surface area contributed by atoms with E-state index in [-0.39, 0.29) is 23.7 Å². The number of nitrogens with one attached hydrogen (secondary N) is 1. The van der Waals surface area contributed by atoms with E-state index >= 15 is 0 Å². The van der Waals surface area contributed by atoms with Crippen LogP contribution in [0.2, 0.25) is 5.02 Å². The number of halogens is 2. The Hall–Kier alpha value is -2.22. The molecule has 0 aliphatic rings. The number of pyridine rings is 1. The molecule has 128 valence electrons. The highest BCUT2D eigenvalue weighted by Crippen LogP contribution is 2.21. The van der Waals surface area contributed by atoms with E-state index in [0.29, 0.717) is 0 Å². The number of aromatic nitrogens is 1. The number of carbonyl (C=O) groups excluding carboxylic acids is 1. The number of nitrogens with zero attached hydrogens (tertiary/aromatic N) is 1. The second-order valence-electron chi connectivity index (χ2n) is 5.00. The highest BCUT2D eigenvalue weighted by atomic mass is 35.5. The maximum atomic E-state index is 13.0. The van der Waals surface area contributed by atoms with Crippen LogP contribution in [0.3, 0.4) is 0 Å². The Morgan fingerprint density at radius 2 is 2.04 bits per heavy atom. The van der Waals surface area contributed by atoms with E-state index in [1.807, 2.05) is 18.2 Å². The number of hydrogen-bond donors (Lipinski definition) is 3. The van der Waals surface area contributed by atoms with Gasteiger partial charge < -0.3 is 20.3 Å². The van der Waals surface area contributed by atoms with Crippen LogP contribution in [0.5, 0.6) is 0 Å². The molecule has 6 nitrogen and oxygen atoms in total. The van der Waals surface area contributed by atoms with Crippen LogP contribution in [-0.4, -0.2) is 33.9 Å². The van der Waals surface area contributed by atoms with Gasteiger partial charge in [-0.1, -0.05) is 41.9 Å². The molecule has 0 aliphatic heterocycles. The SMILES string of the molecule is O=C(NCC(O)C(O)c1cnc(F)c(Cl)c1)OCc1ccccc1. The molecule has 0 bridgehead atoms. The lowest BCUT2D eigenvalue weighted by Gasteiger charge is -2.18. The van der Waals surface area contributed by atoms with Gasteiger partial charge in [0.2, 0.25) is 5.95 Å². The molecule has 0 fully saturated rings. The van der Waals surface area contributed by atoms with Gasteiger partial charge in [0, 0.05) is 18.3 Å². The van der Waals surface area contributed by atoms with E-state index in [0.717, 1.165) is 17.8 Å².